The van der Waals surface area contributed by atoms with Crippen LogP contribution < -0.4 is 9.80 Å². The highest BCUT2D eigenvalue weighted by Crippen LogP contribution is 2.37. The number of aromatic nitrogens is 2. The highest BCUT2D eigenvalue weighted by Gasteiger charge is 2.33. The van der Waals surface area contributed by atoms with Gasteiger partial charge in [-0.15, -0.1) is 0 Å². The van der Waals surface area contributed by atoms with Gasteiger partial charge in [-0.1, -0.05) is 6.92 Å². The Hall–Kier alpha value is -3.81. The molecule has 0 saturated heterocycles. The normalized spacial score (nSPS) is 13.7. The first kappa shape index (κ1) is 29.2. The number of anilines is 2. The monoisotopic (exact) mass is 561 g/mol. The van der Waals surface area contributed by atoms with E-state index in [0.29, 0.717) is 30.3 Å². The fourth-order valence-electron chi connectivity index (χ4n) is 4.57. The Kier molecular flexibility index (Phi) is 8.57. The van der Waals surface area contributed by atoms with Gasteiger partial charge in [0.2, 0.25) is 5.95 Å². The highest BCUT2D eigenvalue weighted by molar-refractivity contribution is 5.57. The van der Waals surface area contributed by atoms with Crippen LogP contribution in [-0.2, 0) is 25.4 Å². The van der Waals surface area contributed by atoms with Gasteiger partial charge in [0.05, 0.1) is 22.8 Å². The van der Waals surface area contributed by atoms with Crippen LogP contribution in [0.4, 0.5) is 38.0 Å². The Morgan fingerprint density at radius 3 is 2.15 bits per heavy atom. The van der Waals surface area contributed by atoms with Crippen LogP contribution in [-0.4, -0.2) is 23.1 Å². The molecule has 1 heterocycles. The molecule has 5 nitrogen and oxygen atoms in total. The third kappa shape index (κ3) is 7.43. The number of hydrogen-bond acceptors (Lipinski definition) is 5. The Morgan fingerprint density at radius 1 is 0.900 bits per heavy atom. The van der Waals surface area contributed by atoms with E-state index in [9.17, 15) is 31.6 Å². The minimum absolute atomic E-state index is 0.0919. The lowest BCUT2D eigenvalue weighted by molar-refractivity contribution is -0.138. The van der Waals surface area contributed by atoms with Gasteiger partial charge in [-0.2, -0.15) is 31.6 Å². The van der Waals surface area contributed by atoms with Crippen molar-refractivity contribution in [3.05, 3.63) is 82.2 Å². The van der Waals surface area contributed by atoms with Crippen molar-refractivity contribution in [3.8, 4) is 6.07 Å². The zero-order valence-corrected chi connectivity index (χ0v) is 22.1. The van der Waals surface area contributed by atoms with E-state index in [4.69, 9.17) is 0 Å². The molecule has 1 aromatic heterocycles. The molecule has 0 radical (unpaired) electrons. The maximum Gasteiger partial charge on any atom is 0.416 e. The number of rotatable bonds is 10. The van der Waals surface area contributed by atoms with E-state index in [2.05, 4.69) is 14.9 Å². The van der Waals surface area contributed by atoms with Crippen molar-refractivity contribution in [3.63, 3.8) is 0 Å². The lowest BCUT2D eigenvalue weighted by atomic mass is 10.0. The molecule has 0 N–H and O–H groups in total. The fraction of sp³-hybridized carbons (Fsp3) is 0.414. The van der Waals surface area contributed by atoms with E-state index in [1.165, 1.54) is 29.4 Å². The lowest BCUT2D eigenvalue weighted by Crippen LogP contribution is -2.30. The molecule has 1 fully saturated rings. The molecule has 212 valence electrons. The number of alkyl halides is 6. The first-order valence-corrected chi connectivity index (χ1v) is 13.0. The second-order valence-electron chi connectivity index (χ2n) is 10.2. The average Bonchev–Trinajstić information content (AvgIpc) is 3.71. The Balaban J connectivity index is 1.79. The van der Waals surface area contributed by atoms with Crippen LogP contribution in [0.3, 0.4) is 0 Å². The summed E-state index contributed by atoms with van der Waals surface area (Å²) in [6.07, 6.45) is -3.26. The number of hydrogen-bond donors (Lipinski definition) is 0. The summed E-state index contributed by atoms with van der Waals surface area (Å²) in [4.78, 5) is 12.3. The van der Waals surface area contributed by atoms with Gasteiger partial charge >= 0.3 is 12.4 Å². The number of aryl methyl sites for hydroxylation is 1. The van der Waals surface area contributed by atoms with Crippen molar-refractivity contribution < 1.29 is 26.3 Å². The van der Waals surface area contributed by atoms with Crippen LogP contribution in [0, 0.1) is 24.2 Å². The van der Waals surface area contributed by atoms with Gasteiger partial charge in [-0.05, 0) is 85.2 Å². The van der Waals surface area contributed by atoms with E-state index < -0.39 is 23.5 Å². The number of nitrogens with zero attached hydrogens (tertiary/aromatic N) is 5. The molecule has 4 rings (SSSR count). The van der Waals surface area contributed by atoms with Crippen molar-refractivity contribution in [2.24, 2.45) is 5.92 Å². The zero-order chi connectivity index (χ0) is 29.1. The van der Waals surface area contributed by atoms with E-state index in [-0.39, 0.29) is 30.2 Å². The van der Waals surface area contributed by atoms with Gasteiger partial charge in [0.1, 0.15) is 0 Å². The van der Waals surface area contributed by atoms with Crippen LogP contribution in [0.25, 0.3) is 0 Å². The number of halogens is 6. The molecule has 0 bridgehead atoms. The van der Waals surface area contributed by atoms with Crippen LogP contribution in [0.5, 0.6) is 0 Å². The van der Waals surface area contributed by atoms with Crippen molar-refractivity contribution >= 4 is 11.6 Å². The summed E-state index contributed by atoms with van der Waals surface area (Å²) in [5.41, 5.74) is -0.0659. The van der Waals surface area contributed by atoms with Crippen LogP contribution >= 0.6 is 0 Å². The average molecular weight is 562 g/mol. The molecule has 11 heteroatoms. The standard InChI is InChI=1S/C29H29F6N5/c1-3-8-39(16-20-4-5-20)26-7-6-24(28(30,31)32)12-23(26)18-40(27-37-14-19(2)15-38-27)17-22-9-21(13-36)10-25(11-22)29(33,34)35/h6-7,9-12,14-15,20H,3-5,8,16-18H2,1-2H3. The molecule has 1 saturated carbocycles. The molecule has 3 aromatic rings. The van der Waals surface area contributed by atoms with Crippen LogP contribution in [0.2, 0.25) is 0 Å². The van der Waals surface area contributed by atoms with Crippen molar-refractivity contribution in [1.29, 1.82) is 5.26 Å². The molecule has 0 spiro atoms. The summed E-state index contributed by atoms with van der Waals surface area (Å²) in [7, 11) is 0. The SMILES string of the molecule is CCCN(CC1CC1)c1ccc(C(F)(F)F)cc1CN(Cc1cc(C#N)cc(C(F)(F)F)c1)c1ncc(C)cn1. The van der Waals surface area contributed by atoms with E-state index >= 15 is 0 Å². The number of nitriles is 1. The van der Waals surface area contributed by atoms with Crippen LogP contribution in [0.15, 0.2) is 48.8 Å². The fourth-order valence-corrected chi connectivity index (χ4v) is 4.57. The second kappa shape index (κ2) is 11.7. The van der Waals surface area contributed by atoms with Gasteiger partial charge in [-0.25, -0.2) is 9.97 Å². The van der Waals surface area contributed by atoms with Gasteiger partial charge in [0, 0.05) is 44.3 Å². The molecule has 0 unspecified atom stereocenters. The molecule has 1 aliphatic carbocycles. The Morgan fingerprint density at radius 2 is 1.57 bits per heavy atom. The third-order valence-corrected chi connectivity index (χ3v) is 6.65. The molecular formula is C29H29F6N5. The van der Waals surface area contributed by atoms with Gasteiger partial charge in [0.25, 0.3) is 0 Å². The topological polar surface area (TPSA) is 56.0 Å². The molecule has 40 heavy (non-hydrogen) atoms. The van der Waals surface area contributed by atoms with E-state index in [0.717, 1.165) is 49.1 Å². The molecule has 0 amide bonds. The Bertz CT molecular complexity index is 1360. The minimum atomic E-state index is -4.68. The van der Waals surface area contributed by atoms with Crippen LogP contribution in [0.1, 0.15) is 59.6 Å². The maximum atomic E-state index is 13.8. The summed E-state index contributed by atoms with van der Waals surface area (Å²) in [6.45, 7) is 4.88. The lowest BCUT2D eigenvalue weighted by Gasteiger charge is -2.30. The minimum Gasteiger partial charge on any atom is -0.371 e. The maximum absolute atomic E-state index is 13.8. The molecule has 0 atom stereocenters. The zero-order valence-electron chi connectivity index (χ0n) is 22.1. The summed E-state index contributed by atoms with van der Waals surface area (Å²) in [5.74, 6) is 0.627. The quantitative estimate of drug-likeness (QED) is 0.240. The third-order valence-electron chi connectivity index (χ3n) is 6.65. The summed E-state index contributed by atoms with van der Waals surface area (Å²) < 4.78 is 82.0. The molecule has 0 aliphatic heterocycles. The second-order valence-corrected chi connectivity index (χ2v) is 10.2. The van der Waals surface area contributed by atoms with Crippen molar-refractivity contribution in [1.82, 2.24) is 9.97 Å². The summed E-state index contributed by atoms with van der Waals surface area (Å²) in [6, 6.07) is 8.42. The largest absolute Gasteiger partial charge is 0.416 e. The van der Waals surface area contributed by atoms with Gasteiger partial charge in [0.15, 0.2) is 0 Å². The van der Waals surface area contributed by atoms with Crippen molar-refractivity contribution in [2.75, 3.05) is 22.9 Å². The molecular weight excluding hydrogens is 532 g/mol. The summed E-state index contributed by atoms with van der Waals surface area (Å²) in [5, 5.41) is 9.33. The van der Waals surface area contributed by atoms with E-state index in [1.54, 1.807) is 13.0 Å². The predicted molar refractivity (Wildman–Crippen MR) is 139 cm³/mol. The summed E-state index contributed by atoms with van der Waals surface area (Å²) >= 11 is 0. The Labute approximate surface area is 229 Å². The number of benzene rings is 2. The van der Waals surface area contributed by atoms with Gasteiger partial charge in [-0.3, -0.25) is 0 Å². The predicted octanol–water partition coefficient (Wildman–Crippen LogP) is 7.53. The highest BCUT2D eigenvalue weighted by atomic mass is 19.4. The molecule has 2 aromatic carbocycles. The smallest absolute Gasteiger partial charge is 0.371 e. The first-order chi connectivity index (χ1) is 18.9. The van der Waals surface area contributed by atoms with Gasteiger partial charge < -0.3 is 9.80 Å². The van der Waals surface area contributed by atoms with Crippen molar-refractivity contribution in [2.45, 2.75) is 58.6 Å². The molecule has 1 aliphatic rings. The van der Waals surface area contributed by atoms with E-state index in [1.807, 2.05) is 6.92 Å². The first-order valence-electron chi connectivity index (χ1n) is 13.0.